The molecule has 0 spiro atoms. The molecule has 4 heteroatoms. The van der Waals surface area contributed by atoms with E-state index in [1.807, 2.05) is 0 Å². The Kier molecular flexibility index (Phi) is 4.47. The zero-order valence-corrected chi connectivity index (χ0v) is 10.7. The van der Waals surface area contributed by atoms with Crippen LogP contribution in [-0.4, -0.2) is 16.7 Å². The van der Waals surface area contributed by atoms with Crippen LogP contribution in [0, 0.1) is 6.92 Å². The standard InChI is InChI=1S/C14H19N3O/c1-11-5-7-12(8-6-11)10-13-16-14(18-17-13)4-2-3-9-15/h5-8H,2-4,9-10,15H2,1H3. The molecular formula is C14H19N3O. The summed E-state index contributed by atoms with van der Waals surface area (Å²) in [6.45, 7) is 2.79. The van der Waals surface area contributed by atoms with Crippen molar-refractivity contribution in [1.82, 2.24) is 10.1 Å². The number of benzene rings is 1. The Bertz CT molecular complexity index is 476. The molecule has 96 valence electrons. The summed E-state index contributed by atoms with van der Waals surface area (Å²) in [7, 11) is 0. The molecule has 0 aliphatic heterocycles. The normalized spacial score (nSPS) is 10.8. The largest absolute Gasteiger partial charge is 0.339 e. The van der Waals surface area contributed by atoms with Crippen LogP contribution in [0.15, 0.2) is 28.8 Å². The summed E-state index contributed by atoms with van der Waals surface area (Å²) in [6.07, 6.45) is 3.54. The number of rotatable bonds is 6. The Morgan fingerprint density at radius 2 is 1.94 bits per heavy atom. The zero-order valence-electron chi connectivity index (χ0n) is 10.7. The van der Waals surface area contributed by atoms with Gasteiger partial charge in [0.15, 0.2) is 5.82 Å². The molecule has 0 atom stereocenters. The SMILES string of the molecule is Cc1ccc(Cc2noc(CCCCN)n2)cc1. The van der Waals surface area contributed by atoms with Crippen LogP contribution in [0.2, 0.25) is 0 Å². The van der Waals surface area contributed by atoms with Gasteiger partial charge in [-0.05, 0) is 31.9 Å². The number of aryl methyl sites for hydroxylation is 2. The van der Waals surface area contributed by atoms with Crippen LogP contribution in [0.1, 0.15) is 35.7 Å². The first kappa shape index (κ1) is 12.8. The summed E-state index contributed by atoms with van der Waals surface area (Å²) >= 11 is 0. The Balaban J connectivity index is 1.91. The summed E-state index contributed by atoms with van der Waals surface area (Å²) < 4.78 is 5.21. The fraction of sp³-hybridized carbons (Fsp3) is 0.429. The molecule has 2 rings (SSSR count). The molecule has 0 radical (unpaired) electrons. The Hall–Kier alpha value is -1.68. The van der Waals surface area contributed by atoms with Gasteiger partial charge < -0.3 is 10.3 Å². The predicted octanol–water partition coefficient (Wildman–Crippen LogP) is 2.25. The van der Waals surface area contributed by atoms with E-state index in [4.69, 9.17) is 10.3 Å². The third-order valence-corrected chi connectivity index (χ3v) is 2.84. The van der Waals surface area contributed by atoms with Gasteiger partial charge in [0.2, 0.25) is 5.89 Å². The molecule has 18 heavy (non-hydrogen) atoms. The lowest BCUT2D eigenvalue weighted by Crippen LogP contribution is -1.99. The third kappa shape index (κ3) is 3.67. The van der Waals surface area contributed by atoms with Gasteiger partial charge in [0.05, 0.1) is 0 Å². The molecular weight excluding hydrogens is 226 g/mol. The van der Waals surface area contributed by atoms with Crippen LogP contribution in [0.3, 0.4) is 0 Å². The number of hydrogen-bond acceptors (Lipinski definition) is 4. The fourth-order valence-electron chi connectivity index (χ4n) is 1.77. The van der Waals surface area contributed by atoms with E-state index in [9.17, 15) is 0 Å². The van der Waals surface area contributed by atoms with E-state index in [0.717, 1.165) is 31.5 Å². The molecule has 0 unspecified atom stereocenters. The highest BCUT2D eigenvalue weighted by Gasteiger charge is 2.06. The van der Waals surface area contributed by atoms with Gasteiger partial charge in [-0.15, -0.1) is 0 Å². The summed E-state index contributed by atoms with van der Waals surface area (Å²) in [5.74, 6) is 1.46. The van der Waals surface area contributed by atoms with Crippen molar-refractivity contribution in [3.8, 4) is 0 Å². The zero-order chi connectivity index (χ0) is 12.8. The van der Waals surface area contributed by atoms with Crippen molar-refractivity contribution in [3.05, 3.63) is 47.1 Å². The molecule has 0 saturated carbocycles. The quantitative estimate of drug-likeness (QED) is 0.793. The lowest BCUT2D eigenvalue weighted by molar-refractivity contribution is 0.370. The molecule has 1 aromatic heterocycles. The summed E-state index contributed by atoms with van der Waals surface area (Å²) in [5.41, 5.74) is 7.91. The van der Waals surface area contributed by atoms with Crippen LogP contribution < -0.4 is 5.73 Å². The third-order valence-electron chi connectivity index (χ3n) is 2.84. The topological polar surface area (TPSA) is 64.9 Å². The highest BCUT2D eigenvalue weighted by Crippen LogP contribution is 2.09. The highest BCUT2D eigenvalue weighted by atomic mass is 16.5. The Labute approximate surface area is 107 Å². The minimum atomic E-state index is 0.713. The van der Waals surface area contributed by atoms with Crippen LogP contribution in [-0.2, 0) is 12.8 Å². The van der Waals surface area contributed by atoms with Gasteiger partial charge in [-0.2, -0.15) is 4.98 Å². The molecule has 0 amide bonds. The van der Waals surface area contributed by atoms with Gasteiger partial charge in [0.1, 0.15) is 0 Å². The van der Waals surface area contributed by atoms with Crippen LogP contribution in [0.4, 0.5) is 0 Å². The maximum Gasteiger partial charge on any atom is 0.226 e. The lowest BCUT2D eigenvalue weighted by Gasteiger charge is -1.97. The van der Waals surface area contributed by atoms with Crippen molar-refractivity contribution in [3.63, 3.8) is 0 Å². The first-order chi connectivity index (χ1) is 8.78. The van der Waals surface area contributed by atoms with E-state index in [2.05, 4.69) is 41.3 Å². The molecule has 1 heterocycles. The van der Waals surface area contributed by atoms with Gasteiger partial charge in [-0.1, -0.05) is 35.0 Å². The maximum absolute atomic E-state index is 5.45. The molecule has 0 saturated heterocycles. The lowest BCUT2D eigenvalue weighted by atomic mass is 10.1. The van der Waals surface area contributed by atoms with Crippen molar-refractivity contribution >= 4 is 0 Å². The van der Waals surface area contributed by atoms with Crippen molar-refractivity contribution in [2.24, 2.45) is 5.73 Å². The van der Waals surface area contributed by atoms with Crippen LogP contribution in [0.5, 0.6) is 0 Å². The van der Waals surface area contributed by atoms with Gasteiger partial charge in [0, 0.05) is 12.8 Å². The molecule has 2 N–H and O–H groups in total. The first-order valence-electron chi connectivity index (χ1n) is 6.35. The molecule has 0 fully saturated rings. The molecule has 4 nitrogen and oxygen atoms in total. The molecule has 0 aliphatic rings. The van der Waals surface area contributed by atoms with Gasteiger partial charge in [-0.25, -0.2) is 0 Å². The second-order valence-electron chi connectivity index (χ2n) is 4.51. The van der Waals surface area contributed by atoms with Crippen LogP contribution in [0.25, 0.3) is 0 Å². The number of nitrogens with two attached hydrogens (primary N) is 1. The average Bonchev–Trinajstić information content (AvgIpc) is 2.80. The number of unbranched alkanes of at least 4 members (excludes halogenated alkanes) is 1. The molecule has 2 aromatic rings. The van der Waals surface area contributed by atoms with Gasteiger partial charge in [0.25, 0.3) is 0 Å². The molecule has 1 aromatic carbocycles. The van der Waals surface area contributed by atoms with Crippen LogP contribution >= 0.6 is 0 Å². The van der Waals surface area contributed by atoms with E-state index in [1.165, 1.54) is 11.1 Å². The monoisotopic (exact) mass is 245 g/mol. The average molecular weight is 245 g/mol. The fourth-order valence-corrected chi connectivity index (χ4v) is 1.77. The number of aromatic nitrogens is 2. The summed E-state index contributed by atoms with van der Waals surface area (Å²) in [4.78, 5) is 4.38. The van der Waals surface area contributed by atoms with Crippen molar-refractivity contribution < 1.29 is 4.52 Å². The van der Waals surface area contributed by atoms with Crippen molar-refractivity contribution in [1.29, 1.82) is 0 Å². The van der Waals surface area contributed by atoms with Crippen molar-refractivity contribution in [2.45, 2.75) is 32.6 Å². The second-order valence-corrected chi connectivity index (χ2v) is 4.51. The van der Waals surface area contributed by atoms with E-state index < -0.39 is 0 Å². The number of nitrogens with zero attached hydrogens (tertiary/aromatic N) is 2. The Morgan fingerprint density at radius 1 is 1.17 bits per heavy atom. The molecule has 0 aliphatic carbocycles. The Morgan fingerprint density at radius 3 is 2.67 bits per heavy atom. The van der Waals surface area contributed by atoms with E-state index in [1.54, 1.807) is 0 Å². The minimum absolute atomic E-state index is 0.713. The van der Waals surface area contributed by atoms with E-state index >= 15 is 0 Å². The minimum Gasteiger partial charge on any atom is -0.339 e. The predicted molar refractivity (Wildman–Crippen MR) is 70.3 cm³/mol. The second kappa shape index (κ2) is 6.31. The first-order valence-corrected chi connectivity index (χ1v) is 6.35. The summed E-state index contributed by atoms with van der Waals surface area (Å²) in [6, 6.07) is 8.38. The number of hydrogen-bond donors (Lipinski definition) is 1. The molecule has 0 bridgehead atoms. The highest BCUT2D eigenvalue weighted by molar-refractivity contribution is 5.23. The van der Waals surface area contributed by atoms with E-state index in [0.29, 0.717) is 12.4 Å². The van der Waals surface area contributed by atoms with E-state index in [-0.39, 0.29) is 0 Å². The van der Waals surface area contributed by atoms with Crippen molar-refractivity contribution in [2.75, 3.05) is 6.54 Å². The van der Waals surface area contributed by atoms with Gasteiger partial charge in [-0.3, -0.25) is 0 Å². The smallest absolute Gasteiger partial charge is 0.226 e. The van der Waals surface area contributed by atoms with Gasteiger partial charge >= 0.3 is 0 Å². The maximum atomic E-state index is 5.45. The summed E-state index contributed by atoms with van der Waals surface area (Å²) in [5, 5.41) is 4.00.